The van der Waals surface area contributed by atoms with Gasteiger partial charge in [0, 0.05) is 39.0 Å². The van der Waals surface area contributed by atoms with Gasteiger partial charge in [-0.3, -0.25) is 9.00 Å². The van der Waals surface area contributed by atoms with Crippen LogP contribution in [0.15, 0.2) is 12.3 Å². The Labute approximate surface area is 140 Å². The normalized spacial score (nSPS) is 30.0. The maximum absolute atomic E-state index is 13.1. The average molecular weight is 361 g/mol. The van der Waals surface area contributed by atoms with Gasteiger partial charge in [-0.1, -0.05) is 6.42 Å². The van der Waals surface area contributed by atoms with Gasteiger partial charge < -0.3 is 4.74 Å². The van der Waals surface area contributed by atoms with Crippen molar-refractivity contribution in [1.82, 2.24) is 4.98 Å². The van der Waals surface area contributed by atoms with Crippen molar-refractivity contribution in [2.24, 2.45) is 5.92 Å². The molecule has 24 heavy (non-hydrogen) atoms. The molecule has 8 heteroatoms. The minimum Gasteiger partial charge on any atom is -0.481 e. The summed E-state index contributed by atoms with van der Waals surface area (Å²) in [5, 5.41) is -0.0283. The maximum atomic E-state index is 13.1. The Morgan fingerprint density at radius 1 is 1.29 bits per heavy atom. The summed E-state index contributed by atoms with van der Waals surface area (Å²) in [7, 11) is 0.187. The second kappa shape index (κ2) is 6.46. The maximum Gasteiger partial charge on any atom is 0.421 e. The minimum absolute atomic E-state index is 0.0141. The van der Waals surface area contributed by atoms with Gasteiger partial charge in [0.05, 0.1) is 7.11 Å². The minimum atomic E-state index is -4.64. The molecule has 0 N–H and O–H groups in total. The molecule has 2 atom stereocenters. The van der Waals surface area contributed by atoms with Crippen LogP contribution in [0, 0.1) is 5.92 Å². The van der Waals surface area contributed by atoms with E-state index in [0.29, 0.717) is 12.8 Å². The van der Waals surface area contributed by atoms with E-state index in [9.17, 15) is 22.2 Å². The summed E-state index contributed by atoms with van der Waals surface area (Å²) >= 11 is 0. The van der Waals surface area contributed by atoms with Gasteiger partial charge in [0.2, 0.25) is 5.88 Å². The van der Waals surface area contributed by atoms with Crippen molar-refractivity contribution < 1.29 is 26.9 Å². The lowest BCUT2D eigenvalue weighted by Crippen LogP contribution is -2.41. The molecule has 0 saturated carbocycles. The number of halogens is 3. The van der Waals surface area contributed by atoms with Crippen molar-refractivity contribution in [3.8, 4) is 5.88 Å². The highest BCUT2D eigenvalue weighted by Gasteiger charge is 2.41. The number of pyridine rings is 1. The summed E-state index contributed by atoms with van der Waals surface area (Å²) in [5.74, 6) is -1.26. The van der Waals surface area contributed by atoms with Gasteiger partial charge in [-0.05, 0) is 31.7 Å². The van der Waals surface area contributed by atoms with Crippen LogP contribution in [0.25, 0.3) is 0 Å². The first-order chi connectivity index (χ1) is 11.3. The zero-order chi connectivity index (χ0) is 17.5. The van der Waals surface area contributed by atoms with E-state index in [4.69, 9.17) is 0 Å². The Balaban J connectivity index is 1.87. The summed E-state index contributed by atoms with van der Waals surface area (Å²) in [6.07, 6.45) is 0.106. The van der Waals surface area contributed by atoms with Crippen LogP contribution in [-0.4, -0.2) is 32.6 Å². The molecule has 1 aromatic rings. The van der Waals surface area contributed by atoms with E-state index in [1.165, 1.54) is 0 Å². The highest BCUT2D eigenvalue weighted by atomic mass is 32.2. The van der Waals surface area contributed by atoms with E-state index >= 15 is 0 Å². The Kier molecular flexibility index (Phi) is 4.68. The molecule has 132 valence electrons. The van der Waals surface area contributed by atoms with Crippen LogP contribution in [0.5, 0.6) is 5.88 Å². The third kappa shape index (κ3) is 3.20. The molecule has 0 aliphatic carbocycles. The number of hydrogen-bond donors (Lipinski definition) is 0. The number of alkyl halides is 3. The monoisotopic (exact) mass is 361 g/mol. The molecule has 2 bridgehead atoms. The number of rotatable bonds is 3. The first-order valence-corrected chi connectivity index (χ1v) is 9.13. The molecule has 4 nitrogen and oxygen atoms in total. The molecule has 2 aliphatic heterocycles. The van der Waals surface area contributed by atoms with Crippen LogP contribution in [0.2, 0.25) is 0 Å². The van der Waals surface area contributed by atoms with Crippen molar-refractivity contribution in [3.05, 3.63) is 23.4 Å². The molecule has 1 aromatic heterocycles. The predicted octanol–water partition coefficient (Wildman–Crippen LogP) is 3.37. The number of Topliss-reactive ketones (excluding diaryl/α,β-unsaturated/α-hetero) is 1. The molecule has 2 saturated heterocycles. The van der Waals surface area contributed by atoms with Gasteiger partial charge in [0.25, 0.3) is 0 Å². The first-order valence-electron chi connectivity index (χ1n) is 7.86. The molecule has 0 spiro atoms. The van der Waals surface area contributed by atoms with E-state index in [1.807, 2.05) is 0 Å². The number of ketones is 1. The van der Waals surface area contributed by atoms with Crippen LogP contribution in [0.3, 0.4) is 0 Å². The highest BCUT2D eigenvalue weighted by molar-refractivity contribution is 7.86. The number of ether oxygens (including phenoxy) is 1. The highest BCUT2D eigenvalue weighted by Crippen LogP contribution is 2.39. The summed E-state index contributed by atoms with van der Waals surface area (Å²) in [5.41, 5.74) is -1.10. The van der Waals surface area contributed by atoms with Gasteiger partial charge in [0.15, 0.2) is 5.78 Å². The zero-order valence-corrected chi connectivity index (χ0v) is 14.0. The van der Waals surface area contributed by atoms with E-state index in [2.05, 4.69) is 9.72 Å². The van der Waals surface area contributed by atoms with Crippen LogP contribution in [0.1, 0.15) is 48.0 Å². The van der Waals surface area contributed by atoms with Crippen molar-refractivity contribution >= 4 is 16.6 Å². The van der Waals surface area contributed by atoms with Gasteiger partial charge >= 0.3 is 6.18 Å². The lowest BCUT2D eigenvalue weighted by atomic mass is 9.84. The predicted molar refractivity (Wildman–Crippen MR) is 82.4 cm³/mol. The van der Waals surface area contributed by atoms with Crippen molar-refractivity contribution in [2.45, 2.75) is 48.8 Å². The molecular formula is C16H18F3NO3S. The summed E-state index contributed by atoms with van der Waals surface area (Å²) < 4.78 is 56.1. The third-order valence-electron chi connectivity index (χ3n) is 4.81. The lowest BCUT2D eigenvalue weighted by Gasteiger charge is -2.37. The summed E-state index contributed by atoms with van der Waals surface area (Å²) in [4.78, 5) is 16.3. The largest absolute Gasteiger partial charge is 0.481 e. The Morgan fingerprint density at radius 3 is 2.46 bits per heavy atom. The van der Waals surface area contributed by atoms with Crippen LogP contribution >= 0.6 is 0 Å². The van der Waals surface area contributed by atoms with E-state index in [1.54, 1.807) is 0 Å². The molecule has 0 radical (unpaired) electrons. The van der Waals surface area contributed by atoms with Gasteiger partial charge in [-0.2, -0.15) is 13.2 Å². The SMILES string of the molecule is COc1ncc(C(=O)C2CC3CCCC(C2)S3=O)cc1C(F)(F)F. The van der Waals surface area contributed by atoms with E-state index in [-0.39, 0.29) is 27.8 Å². The molecule has 2 unspecified atom stereocenters. The number of hydrogen-bond acceptors (Lipinski definition) is 4. The third-order valence-corrected chi connectivity index (χ3v) is 6.98. The average Bonchev–Trinajstić information content (AvgIpc) is 2.52. The second-order valence-electron chi connectivity index (χ2n) is 6.31. The molecule has 3 rings (SSSR count). The number of fused-ring (bicyclic) bond motifs is 2. The Morgan fingerprint density at radius 2 is 1.92 bits per heavy atom. The standard InChI is InChI=1S/C16H18F3NO3S/c1-23-15-13(16(17,18)19)7-10(8-20-15)14(21)9-5-11-3-2-4-12(6-9)24(11)22/h7-9,11-12H,2-6H2,1H3. The summed E-state index contributed by atoms with van der Waals surface area (Å²) in [6.45, 7) is 0. The van der Waals surface area contributed by atoms with Gasteiger partial charge in [-0.15, -0.1) is 0 Å². The molecule has 0 amide bonds. The van der Waals surface area contributed by atoms with Gasteiger partial charge in [0.1, 0.15) is 5.56 Å². The van der Waals surface area contributed by atoms with Crippen LogP contribution in [0.4, 0.5) is 13.2 Å². The number of nitrogens with zero attached hydrogens (tertiary/aromatic N) is 1. The molecule has 3 heterocycles. The van der Waals surface area contributed by atoms with Crippen molar-refractivity contribution in [2.75, 3.05) is 7.11 Å². The Hall–Kier alpha value is -1.44. The molecule has 0 aromatic carbocycles. The summed E-state index contributed by atoms with van der Waals surface area (Å²) in [6, 6.07) is 0.815. The quantitative estimate of drug-likeness (QED) is 0.775. The van der Waals surface area contributed by atoms with E-state index in [0.717, 1.165) is 38.6 Å². The van der Waals surface area contributed by atoms with Crippen molar-refractivity contribution in [3.63, 3.8) is 0 Å². The fraction of sp³-hybridized carbons (Fsp3) is 0.625. The van der Waals surface area contributed by atoms with Crippen molar-refractivity contribution in [1.29, 1.82) is 0 Å². The smallest absolute Gasteiger partial charge is 0.421 e. The fourth-order valence-electron chi connectivity index (χ4n) is 3.64. The number of aromatic nitrogens is 1. The molecular weight excluding hydrogens is 343 g/mol. The Bertz CT molecular complexity index is 661. The molecule has 2 fully saturated rings. The molecule has 2 aliphatic rings. The van der Waals surface area contributed by atoms with Crippen LogP contribution in [-0.2, 0) is 17.0 Å². The number of methoxy groups -OCH3 is 1. The topological polar surface area (TPSA) is 56.3 Å². The number of carbonyl (C=O) groups excluding carboxylic acids is 1. The zero-order valence-electron chi connectivity index (χ0n) is 13.1. The van der Waals surface area contributed by atoms with Gasteiger partial charge in [-0.25, -0.2) is 4.98 Å². The second-order valence-corrected chi connectivity index (χ2v) is 8.31. The van der Waals surface area contributed by atoms with Crippen LogP contribution < -0.4 is 4.74 Å². The number of carbonyl (C=O) groups is 1. The first kappa shape index (κ1) is 17.4. The lowest BCUT2D eigenvalue weighted by molar-refractivity contribution is -0.139. The fourth-order valence-corrected chi connectivity index (χ4v) is 5.82. The van der Waals surface area contributed by atoms with E-state index < -0.39 is 28.4 Å².